The molecule has 16 heavy (non-hydrogen) atoms. The molecule has 0 radical (unpaired) electrons. The van der Waals surface area contributed by atoms with E-state index in [1.54, 1.807) is 6.92 Å². The molecule has 1 aromatic rings. The molecule has 2 N–H and O–H groups in total. The van der Waals surface area contributed by atoms with Gasteiger partial charge in [0.05, 0.1) is 5.69 Å². The van der Waals surface area contributed by atoms with Gasteiger partial charge < -0.3 is 10.5 Å². The number of ether oxygens (including phenoxy) is 1. The fourth-order valence-corrected chi connectivity index (χ4v) is 1.93. The number of aromatic nitrogens is 2. The Hall–Kier alpha value is -1.67. The van der Waals surface area contributed by atoms with Gasteiger partial charge in [-0.15, -0.1) is 0 Å². The maximum absolute atomic E-state index is 8.88. The maximum atomic E-state index is 8.88. The predicted octanol–water partition coefficient (Wildman–Crippen LogP) is 1.26. The number of nitriles is 1. The molecule has 1 saturated heterocycles. The molecule has 5 heteroatoms. The summed E-state index contributed by atoms with van der Waals surface area (Å²) >= 11 is 0. The van der Waals surface area contributed by atoms with Crippen molar-refractivity contribution >= 4 is 5.82 Å². The second kappa shape index (κ2) is 3.72. The molecule has 0 aromatic carbocycles. The van der Waals surface area contributed by atoms with E-state index in [1.807, 2.05) is 13.0 Å². The van der Waals surface area contributed by atoms with E-state index in [4.69, 9.17) is 15.7 Å². The molecule has 0 amide bonds. The third-order valence-corrected chi connectivity index (χ3v) is 2.92. The molecule has 5 nitrogen and oxygen atoms in total. The Morgan fingerprint density at radius 2 is 2.25 bits per heavy atom. The minimum absolute atomic E-state index is 0.238. The van der Waals surface area contributed by atoms with Crippen molar-refractivity contribution < 1.29 is 4.74 Å². The number of anilines is 1. The van der Waals surface area contributed by atoms with Gasteiger partial charge in [0.15, 0.2) is 5.82 Å². The molecule has 2 heterocycles. The summed E-state index contributed by atoms with van der Waals surface area (Å²) < 4.78 is 5.65. The zero-order valence-corrected chi connectivity index (χ0v) is 9.45. The van der Waals surface area contributed by atoms with Gasteiger partial charge in [-0.2, -0.15) is 5.26 Å². The quantitative estimate of drug-likeness (QED) is 0.767. The average molecular weight is 218 g/mol. The Kier molecular flexibility index (Phi) is 2.52. The molecular formula is C11H14N4O. The maximum Gasteiger partial charge on any atom is 0.162 e. The van der Waals surface area contributed by atoms with Crippen LogP contribution in [0, 0.1) is 18.3 Å². The van der Waals surface area contributed by atoms with E-state index < -0.39 is 5.60 Å². The van der Waals surface area contributed by atoms with Crippen LogP contribution in [0.5, 0.6) is 0 Å². The first-order valence-corrected chi connectivity index (χ1v) is 5.25. The highest BCUT2D eigenvalue weighted by Crippen LogP contribution is 2.34. The van der Waals surface area contributed by atoms with Crippen LogP contribution in [0.2, 0.25) is 0 Å². The minimum Gasteiger partial charge on any atom is -0.382 e. The van der Waals surface area contributed by atoms with E-state index in [9.17, 15) is 0 Å². The minimum atomic E-state index is -0.452. The lowest BCUT2D eigenvalue weighted by molar-refractivity contribution is 0.00931. The van der Waals surface area contributed by atoms with E-state index in [0.29, 0.717) is 17.1 Å². The van der Waals surface area contributed by atoms with Crippen molar-refractivity contribution in [2.45, 2.75) is 32.3 Å². The van der Waals surface area contributed by atoms with E-state index in [1.165, 1.54) is 0 Å². The lowest BCUT2D eigenvalue weighted by atomic mass is 10.0. The topological polar surface area (TPSA) is 84.8 Å². The monoisotopic (exact) mass is 218 g/mol. The molecule has 1 aromatic heterocycles. The van der Waals surface area contributed by atoms with Crippen molar-refractivity contribution in [2.24, 2.45) is 0 Å². The highest BCUT2D eigenvalue weighted by molar-refractivity contribution is 5.50. The Labute approximate surface area is 94.3 Å². The predicted molar refractivity (Wildman–Crippen MR) is 58.4 cm³/mol. The molecule has 1 unspecified atom stereocenters. The Bertz CT molecular complexity index is 435. The van der Waals surface area contributed by atoms with Gasteiger partial charge in [0.2, 0.25) is 0 Å². The summed E-state index contributed by atoms with van der Waals surface area (Å²) in [5, 5.41) is 8.88. The standard InChI is InChI=1S/C11H14N4O/c1-7-8(6-12)9(13)15-10(14-7)11(2)4-3-5-16-11/h3-5H2,1-2H3,(H2,13,14,15). The fraction of sp³-hybridized carbons (Fsp3) is 0.545. The molecule has 2 rings (SSSR count). The zero-order valence-electron chi connectivity index (χ0n) is 9.45. The number of aryl methyl sites for hydroxylation is 1. The van der Waals surface area contributed by atoms with Gasteiger partial charge in [-0.3, -0.25) is 0 Å². The summed E-state index contributed by atoms with van der Waals surface area (Å²) in [5.41, 5.74) is 6.24. The van der Waals surface area contributed by atoms with Gasteiger partial charge in [0.1, 0.15) is 23.1 Å². The van der Waals surface area contributed by atoms with Crippen molar-refractivity contribution in [3.8, 4) is 6.07 Å². The summed E-state index contributed by atoms with van der Waals surface area (Å²) in [7, 11) is 0. The van der Waals surface area contributed by atoms with Gasteiger partial charge in [0, 0.05) is 6.61 Å². The number of nitrogen functional groups attached to an aromatic ring is 1. The van der Waals surface area contributed by atoms with Crippen LogP contribution in [0.15, 0.2) is 0 Å². The molecule has 0 bridgehead atoms. The van der Waals surface area contributed by atoms with E-state index in [0.717, 1.165) is 19.4 Å². The molecule has 84 valence electrons. The van der Waals surface area contributed by atoms with E-state index >= 15 is 0 Å². The van der Waals surface area contributed by atoms with Gasteiger partial charge in [-0.05, 0) is 26.7 Å². The van der Waals surface area contributed by atoms with Crippen molar-refractivity contribution in [1.29, 1.82) is 5.26 Å². The summed E-state index contributed by atoms with van der Waals surface area (Å²) in [4.78, 5) is 8.50. The first kappa shape index (κ1) is 10.8. The second-order valence-electron chi connectivity index (χ2n) is 4.19. The van der Waals surface area contributed by atoms with Crippen LogP contribution in [0.4, 0.5) is 5.82 Å². The fourth-order valence-electron chi connectivity index (χ4n) is 1.93. The highest BCUT2D eigenvalue weighted by Gasteiger charge is 2.35. The van der Waals surface area contributed by atoms with Crippen LogP contribution in [-0.2, 0) is 10.3 Å². The first-order valence-electron chi connectivity index (χ1n) is 5.25. The average Bonchev–Trinajstić information content (AvgIpc) is 2.66. The van der Waals surface area contributed by atoms with Crippen molar-refractivity contribution in [1.82, 2.24) is 9.97 Å². The van der Waals surface area contributed by atoms with Crippen molar-refractivity contribution in [3.05, 3.63) is 17.1 Å². The van der Waals surface area contributed by atoms with Crippen LogP contribution in [0.1, 0.15) is 36.8 Å². The molecule has 0 spiro atoms. The largest absolute Gasteiger partial charge is 0.382 e. The molecule has 1 fully saturated rings. The summed E-state index contributed by atoms with van der Waals surface area (Å²) in [6.07, 6.45) is 1.89. The van der Waals surface area contributed by atoms with Crippen LogP contribution in [0.3, 0.4) is 0 Å². The summed E-state index contributed by atoms with van der Waals surface area (Å²) in [6, 6.07) is 2.00. The zero-order chi connectivity index (χ0) is 11.8. The van der Waals surface area contributed by atoms with E-state index in [2.05, 4.69) is 9.97 Å². The Morgan fingerprint density at radius 1 is 1.50 bits per heavy atom. The van der Waals surface area contributed by atoms with Gasteiger partial charge >= 0.3 is 0 Å². The first-order chi connectivity index (χ1) is 7.57. The van der Waals surface area contributed by atoms with Gasteiger partial charge in [0.25, 0.3) is 0 Å². The molecule has 1 aliphatic rings. The van der Waals surface area contributed by atoms with E-state index in [-0.39, 0.29) is 5.82 Å². The Balaban J connectivity index is 2.48. The SMILES string of the molecule is Cc1nc(C2(C)CCCO2)nc(N)c1C#N. The summed E-state index contributed by atoms with van der Waals surface area (Å²) in [5.74, 6) is 0.820. The molecule has 0 saturated carbocycles. The molecule has 1 aliphatic heterocycles. The summed E-state index contributed by atoms with van der Waals surface area (Å²) in [6.45, 7) is 4.44. The van der Waals surface area contributed by atoms with Crippen LogP contribution < -0.4 is 5.73 Å². The number of hydrogen-bond acceptors (Lipinski definition) is 5. The number of rotatable bonds is 1. The van der Waals surface area contributed by atoms with Crippen LogP contribution in [0.25, 0.3) is 0 Å². The lowest BCUT2D eigenvalue weighted by Crippen LogP contribution is -2.24. The number of nitrogens with two attached hydrogens (primary N) is 1. The molecule has 1 atom stereocenters. The molecule has 0 aliphatic carbocycles. The Morgan fingerprint density at radius 3 is 2.75 bits per heavy atom. The lowest BCUT2D eigenvalue weighted by Gasteiger charge is -2.22. The van der Waals surface area contributed by atoms with Crippen molar-refractivity contribution in [3.63, 3.8) is 0 Å². The second-order valence-corrected chi connectivity index (χ2v) is 4.19. The smallest absolute Gasteiger partial charge is 0.162 e. The highest BCUT2D eigenvalue weighted by atomic mass is 16.5. The van der Waals surface area contributed by atoms with Gasteiger partial charge in [-0.25, -0.2) is 9.97 Å². The number of nitrogens with zero attached hydrogens (tertiary/aromatic N) is 3. The molecular weight excluding hydrogens is 204 g/mol. The van der Waals surface area contributed by atoms with Crippen LogP contribution in [-0.4, -0.2) is 16.6 Å². The van der Waals surface area contributed by atoms with Crippen molar-refractivity contribution in [2.75, 3.05) is 12.3 Å². The van der Waals surface area contributed by atoms with Crippen LogP contribution >= 0.6 is 0 Å². The number of hydrogen-bond donors (Lipinski definition) is 1. The third kappa shape index (κ3) is 1.61. The third-order valence-electron chi connectivity index (χ3n) is 2.92. The van der Waals surface area contributed by atoms with Gasteiger partial charge in [-0.1, -0.05) is 0 Å². The normalized spacial score (nSPS) is 24.3.